The van der Waals surface area contributed by atoms with Crippen LogP contribution in [0.2, 0.25) is 0 Å². The molecule has 0 atom stereocenters. The fraction of sp³-hybridized carbons (Fsp3) is 0.273. The Morgan fingerprint density at radius 2 is 1.90 bits per heavy atom. The average Bonchev–Trinajstić information content (AvgIpc) is 3.34. The van der Waals surface area contributed by atoms with Gasteiger partial charge in [0.05, 0.1) is 5.69 Å². The molecule has 0 spiro atoms. The molecule has 1 aromatic heterocycles. The van der Waals surface area contributed by atoms with Gasteiger partial charge in [0, 0.05) is 17.8 Å². The minimum Gasteiger partial charge on any atom is -0.318 e. The van der Waals surface area contributed by atoms with Gasteiger partial charge in [-0.3, -0.25) is 4.79 Å². The Labute approximate surface area is 178 Å². The molecule has 0 bridgehead atoms. The van der Waals surface area contributed by atoms with Crippen LogP contribution in [0.5, 0.6) is 0 Å². The first kappa shape index (κ1) is 20.5. The minimum atomic E-state index is -0.467. The Morgan fingerprint density at radius 3 is 2.73 bits per heavy atom. The zero-order valence-electron chi connectivity index (χ0n) is 16.2. The first-order chi connectivity index (χ1) is 14.1. The molecule has 2 heterocycles. The van der Waals surface area contributed by atoms with E-state index in [-0.39, 0.29) is 29.6 Å². The van der Waals surface area contributed by atoms with Crippen LogP contribution in [0.1, 0.15) is 39.3 Å². The number of hydrogen-bond donors (Lipinski definition) is 2. The van der Waals surface area contributed by atoms with E-state index in [0.717, 1.165) is 29.7 Å². The third kappa shape index (κ3) is 3.38. The molecule has 1 aliphatic carbocycles. The largest absolute Gasteiger partial charge is 0.318 e. The van der Waals surface area contributed by atoms with Crippen LogP contribution in [-0.4, -0.2) is 22.2 Å². The molecule has 0 unspecified atom stereocenters. The third-order valence-electron chi connectivity index (χ3n) is 5.68. The summed E-state index contributed by atoms with van der Waals surface area (Å²) in [6.45, 7) is 1.34. The quantitative estimate of drug-likeness (QED) is 0.661. The number of benzene rings is 2. The fourth-order valence-electron chi connectivity index (χ4n) is 4.25. The summed E-state index contributed by atoms with van der Waals surface area (Å²) in [5, 5.41) is 10.3. The highest BCUT2D eigenvalue weighted by atomic mass is 35.5. The number of hydrogen-bond acceptors (Lipinski definition) is 3. The summed E-state index contributed by atoms with van der Waals surface area (Å²) in [6, 6.07) is 9.79. The maximum atomic E-state index is 14.9. The predicted molar refractivity (Wildman–Crippen MR) is 113 cm³/mol. The lowest BCUT2D eigenvalue weighted by Crippen LogP contribution is -2.25. The summed E-state index contributed by atoms with van der Waals surface area (Å²) in [6.07, 6.45) is 2.89. The molecule has 8 heteroatoms. The number of aromatic nitrogens is 2. The highest BCUT2D eigenvalue weighted by molar-refractivity contribution is 6.04. The van der Waals surface area contributed by atoms with E-state index in [4.69, 9.17) is 0 Å². The molecule has 0 saturated carbocycles. The van der Waals surface area contributed by atoms with Gasteiger partial charge in [-0.25, -0.2) is 13.5 Å². The van der Waals surface area contributed by atoms with E-state index in [0.29, 0.717) is 37.2 Å². The van der Waals surface area contributed by atoms with Crippen LogP contribution < -0.4 is 10.6 Å². The van der Waals surface area contributed by atoms with Crippen molar-refractivity contribution < 1.29 is 13.6 Å². The molecule has 2 N–H and O–H groups in total. The van der Waals surface area contributed by atoms with E-state index < -0.39 is 11.7 Å². The van der Waals surface area contributed by atoms with Crippen molar-refractivity contribution in [3.05, 3.63) is 76.1 Å². The number of amides is 1. The normalized spacial score (nSPS) is 14.6. The Balaban J connectivity index is 0.00000218. The van der Waals surface area contributed by atoms with Gasteiger partial charge in [0.15, 0.2) is 5.69 Å². The Kier molecular flexibility index (Phi) is 5.58. The summed E-state index contributed by atoms with van der Waals surface area (Å²) in [7, 11) is 0. The van der Waals surface area contributed by atoms with Crippen molar-refractivity contribution in [1.82, 2.24) is 15.1 Å². The second kappa shape index (κ2) is 8.16. The average molecular weight is 431 g/mol. The molecule has 5 rings (SSSR count). The number of halogens is 3. The van der Waals surface area contributed by atoms with E-state index in [1.165, 1.54) is 10.7 Å². The van der Waals surface area contributed by atoms with Crippen LogP contribution >= 0.6 is 12.4 Å². The molecular formula is C22H21ClF2N4O. The standard InChI is InChI=1S/C22H20F2N4O.ClH/c23-16-5-1-2-6-19(16)28-18-7-3-4-15(18)21(27-28)22(29)26-17-9-8-13-12-25-11-10-14(13)20(17)24;/h1-2,5-6,8-9,25H,3-4,7,10-12H2,(H,26,29);1H. The lowest BCUT2D eigenvalue weighted by atomic mass is 9.99. The van der Waals surface area contributed by atoms with Gasteiger partial charge in [-0.05, 0) is 61.6 Å². The van der Waals surface area contributed by atoms with Crippen molar-refractivity contribution in [3.8, 4) is 5.69 Å². The zero-order chi connectivity index (χ0) is 20.0. The van der Waals surface area contributed by atoms with Gasteiger partial charge in [-0.2, -0.15) is 5.10 Å². The third-order valence-corrected chi connectivity index (χ3v) is 5.68. The van der Waals surface area contributed by atoms with Gasteiger partial charge < -0.3 is 10.6 Å². The number of carbonyl (C=O) groups is 1. The molecule has 1 aliphatic heterocycles. The maximum absolute atomic E-state index is 14.9. The summed E-state index contributed by atoms with van der Waals surface area (Å²) in [5.74, 6) is -1.25. The number of fused-ring (bicyclic) bond motifs is 2. The van der Waals surface area contributed by atoms with Crippen LogP contribution in [0.3, 0.4) is 0 Å². The van der Waals surface area contributed by atoms with Gasteiger partial charge in [0.1, 0.15) is 17.3 Å². The number of rotatable bonds is 3. The number of nitrogens with one attached hydrogen (secondary N) is 2. The van der Waals surface area contributed by atoms with Crippen LogP contribution in [0.15, 0.2) is 36.4 Å². The lowest BCUT2D eigenvalue weighted by Gasteiger charge is -2.19. The van der Waals surface area contributed by atoms with Crippen LogP contribution in [-0.2, 0) is 25.8 Å². The van der Waals surface area contributed by atoms with E-state index in [1.54, 1.807) is 24.3 Å². The second-order valence-corrected chi connectivity index (χ2v) is 7.44. The van der Waals surface area contributed by atoms with Gasteiger partial charge in [-0.1, -0.05) is 18.2 Å². The van der Waals surface area contributed by atoms with Crippen LogP contribution in [0.25, 0.3) is 5.69 Å². The van der Waals surface area contributed by atoms with Crippen molar-refractivity contribution in [3.63, 3.8) is 0 Å². The second-order valence-electron chi connectivity index (χ2n) is 7.44. The molecule has 3 aromatic rings. The molecule has 0 saturated heterocycles. The molecular weight excluding hydrogens is 410 g/mol. The van der Waals surface area contributed by atoms with Gasteiger partial charge in [0.2, 0.25) is 0 Å². The zero-order valence-corrected chi connectivity index (χ0v) is 17.0. The highest BCUT2D eigenvalue weighted by Crippen LogP contribution is 2.30. The van der Waals surface area contributed by atoms with Crippen molar-refractivity contribution in [2.75, 3.05) is 11.9 Å². The predicted octanol–water partition coefficient (Wildman–Crippen LogP) is 3.96. The lowest BCUT2D eigenvalue weighted by molar-refractivity contribution is 0.102. The number of anilines is 1. The minimum absolute atomic E-state index is 0. The summed E-state index contributed by atoms with van der Waals surface area (Å²) in [4.78, 5) is 13.0. The van der Waals surface area contributed by atoms with Crippen LogP contribution in [0.4, 0.5) is 14.5 Å². The van der Waals surface area contributed by atoms with Crippen molar-refractivity contribution >= 4 is 24.0 Å². The molecule has 30 heavy (non-hydrogen) atoms. The van der Waals surface area contributed by atoms with Crippen LogP contribution in [0, 0.1) is 11.6 Å². The topological polar surface area (TPSA) is 59.0 Å². The number of carbonyl (C=O) groups excluding carboxylic acids is 1. The van der Waals surface area contributed by atoms with Gasteiger partial charge in [0.25, 0.3) is 5.91 Å². The molecule has 0 fully saturated rings. The van der Waals surface area contributed by atoms with E-state index in [1.807, 2.05) is 6.07 Å². The van der Waals surface area contributed by atoms with Crippen molar-refractivity contribution in [2.24, 2.45) is 0 Å². The molecule has 5 nitrogen and oxygen atoms in total. The molecule has 2 aliphatic rings. The first-order valence-corrected chi connectivity index (χ1v) is 9.81. The fourth-order valence-corrected chi connectivity index (χ4v) is 4.25. The summed E-state index contributed by atoms with van der Waals surface area (Å²) >= 11 is 0. The molecule has 2 aromatic carbocycles. The van der Waals surface area contributed by atoms with Gasteiger partial charge in [-0.15, -0.1) is 12.4 Å². The van der Waals surface area contributed by atoms with Gasteiger partial charge >= 0.3 is 0 Å². The maximum Gasteiger partial charge on any atom is 0.276 e. The van der Waals surface area contributed by atoms with E-state index in [9.17, 15) is 13.6 Å². The summed E-state index contributed by atoms with van der Waals surface area (Å²) in [5.41, 5.74) is 3.92. The van der Waals surface area contributed by atoms with E-state index >= 15 is 0 Å². The molecule has 156 valence electrons. The molecule has 1 amide bonds. The Bertz CT molecular complexity index is 1130. The SMILES string of the molecule is Cl.O=C(Nc1ccc2c(c1F)CCNC2)c1nn(-c2ccccc2F)c2c1CCC2. The number of para-hydroxylation sites is 1. The monoisotopic (exact) mass is 430 g/mol. The first-order valence-electron chi connectivity index (χ1n) is 9.81. The molecule has 0 radical (unpaired) electrons. The number of nitrogens with zero attached hydrogens (tertiary/aromatic N) is 2. The van der Waals surface area contributed by atoms with Crippen molar-refractivity contribution in [2.45, 2.75) is 32.2 Å². The van der Waals surface area contributed by atoms with E-state index in [2.05, 4.69) is 15.7 Å². The smallest absolute Gasteiger partial charge is 0.276 e. The Morgan fingerprint density at radius 1 is 1.07 bits per heavy atom. The summed E-state index contributed by atoms with van der Waals surface area (Å²) < 4.78 is 30.7. The highest BCUT2D eigenvalue weighted by Gasteiger charge is 2.28. The van der Waals surface area contributed by atoms with Crippen molar-refractivity contribution in [1.29, 1.82) is 0 Å². The Hall–Kier alpha value is -2.77.